The van der Waals surface area contributed by atoms with Crippen molar-refractivity contribution in [3.8, 4) is 5.75 Å². The van der Waals surface area contributed by atoms with Crippen LogP contribution in [0.4, 0.5) is 5.69 Å². The third kappa shape index (κ3) is 3.35. The highest BCUT2D eigenvalue weighted by Crippen LogP contribution is 2.23. The van der Waals surface area contributed by atoms with E-state index in [-0.39, 0.29) is 5.75 Å². The van der Waals surface area contributed by atoms with Crippen molar-refractivity contribution in [3.05, 3.63) is 60.8 Å². The number of allylic oxidation sites excluding steroid dienone is 4. The molecule has 2 heteroatoms. The fourth-order valence-corrected chi connectivity index (χ4v) is 1.12. The van der Waals surface area contributed by atoms with Crippen LogP contribution in [-0.4, -0.2) is 5.11 Å². The molecule has 0 bridgehead atoms. The van der Waals surface area contributed by atoms with Crippen LogP contribution >= 0.6 is 0 Å². The van der Waals surface area contributed by atoms with E-state index in [9.17, 15) is 5.11 Å². The second-order valence-electron chi connectivity index (χ2n) is 2.98. The average Bonchev–Trinajstić information content (AvgIpc) is 2.26. The first-order valence-corrected chi connectivity index (χ1v) is 4.78. The zero-order chi connectivity index (χ0) is 11.1. The number of aromatic hydroxyl groups is 1. The Kier molecular flexibility index (Phi) is 4.23. The third-order valence-corrected chi connectivity index (χ3v) is 1.91. The molecular weight excluding hydrogens is 186 g/mol. The predicted octanol–water partition coefficient (Wildman–Crippen LogP) is 3.45. The zero-order valence-corrected chi connectivity index (χ0v) is 8.77. The topological polar surface area (TPSA) is 32.3 Å². The van der Waals surface area contributed by atoms with Gasteiger partial charge in [-0.05, 0) is 25.1 Å². The summed E-state index contributed by atoms with van der Waals surface area (Å²) in [5, 5.41) is 12.7. The molecule has 0 amide bonds. The van der Waals surface area contributed by atoms with E-state index >= 15 is 0 Å². The number of phenols is 1. The SMILES string of the molecule is C=C/C=C\C(=C/C)Nc1ccccc1O. The van der Waals surface area contributed by atoms with Crippen LogP contribution in [0.5, 0.6) is 5.75 Å². The minimum Gasteiger partial charge on any atom is -0.506 e. The van der Waals surface area contributed by atoms with Crippen LogP contribution in [0.3, 0.4) is 0 Å². The maximum Gasteiger partial charge on any atom is 0.139 e. The molecule has 1 rings (SSSR count). The highest BCUT2D eigenvalue weighted by molar-refractivity contribution is 5.59. The van der Waals surface area contributed by atoms with Crippen LogP contribution < -0.4 is 5.32 Å². The molecule has 15 heavy (non-hydrogen) atoms. The minimum atomic E-state index is 0.240. The maximum atomic E-state index is 9.55. The van der Waals surface area contributed by atoms with E-state index in [1.54, 1.807) is 18.2 Å². The minimum absolute atomic E-state index is 0.240. The first-order chi connectivity index (χ1) is 7.27. The van der Waals surface area contributed by atoms with E-state index < -0.39 is 0 Å². The molecule has 0 aliphatic rings. The number of benzene rings is 1. The van der Waals surface area contributed by atoms with Crippen LogP contribution in [0, 0.1) is 0 Å². The van der Waals surface area contributed by atoms with Gasteiger partial charge in [-0.25, -0.2) is 0 Å². The molecule has 0 heterocycles. The van der Waals surface area contributed by atoms with E-state index in [0.29, 0.717) is 5.69 Å². The standard InChI is InChI=1S/C13H15NO/c1-3-5-8-11(4-2)14-12-9-6-7-10-13(12)15/h3-10,14-15H,1H2,2H3/b8-5-,11-4+. The number of anilines is 1. The lowest BCUT2D eigenvalue weighted by Gasteiger charge is -2.08. The summed E-state index contributed by atoms with van der Waals surface area (Å²) < 4.78 is 0. The Balaban J connectivity index is 2.80. The molecule has 0 saturated heterocycles. The molecule has 0 radical (unpaired) electrons. The second-order valence-corrected chi connectivity index (χ2v) is 2.98. The monoisotopic (exact) mass is 201 g/mol. The molecule has 0 fully saturated rings. The van der Waals surface area contributed by atoms with E-state index in [4.69, 9.17) is 0 Å². The Morgan fingerprint density at radius 3 is 2.73 bits per heavy atom. The highest BCUT2D eigenvalue weighted by Gasteiger charge is 1.98. The van der Waals surface area contributed by atoms with Crippen LogP contribution in [0.15, 0.2) is 60.8 Å². The van der Waals surface area contributed by atoms with Gasteiger partial charge in [0, 0.05) is 5.70 Å². The fourth-order valence-electron chi connectivity index (χ4n) is 1.12. The van der Waals surface area contributed by atoms with Gasteiger partial charge in [-0.3, -0.25) is 0 Å². The van der Waals surface area contributed by atoms with Crippen molar-refractivity contribution in [3.63, 3.8) is 0 Å². The normalized spacial score (nSPS) is 11.7. The van der Waals surface area contributed by atoms with Gasteiger partial charge in [0.1, 0.15) is 5.75 Å². The average molecular weight is 201 g/mol. The van der Waals surface area contributed by atoms with Gasteiger partial charge in [-0.15, -0.1) is 0 Å². The third-order valence-electron chi connectivity index (χ3n) is 1.91. The smallest absolute Gasteiger partial charge is 0.139 e. The highest BCUT2D eigenvalue weighted by atomic mass is 16.3. The Morgan fingerprint density at radius 2 is 2.13 bits per heavy atom. The number of phenolic OH excluding ortho intramolecular Hbond substituents is 1. The molecule has 2 nitrogen and oxygen atoms in total. The van der Waals surface area contributed by atoms with Gasteiger partial charge >= 0.3 is 0 Å². The van der Waals surface area contributed by atoms with Crippen molar-refractivity contribution in [2.24, 2.45) is 0 Å². The Hall–Kier alpha value is -1.96. The molecular formula is C13H15NO. The van der Waals surface area contributed by atoms with Gasteiger partial charge in [0.2, 0.25) is 0 Å². The predicted molar refractivity (Wildman–Crippen MR) is 64.8 cm³/mol. The quantitative estimate of drug-likeness (QED) is 0.577. The van der Waals surface area contributed by atoms with Crippen molar-refractivity contribution in [1.82, 2.24) is 0 Å². The number of hydrogen-bond acceptors (Lipinski definition) is 2. The van der Waals surface area contributed by atoms with Crippen LogP contribution in [0.25, 0.3) is 0 Å². The summed E-state index contributed by atoms with van der Waals surface area (Å²) in [6.45, 7) is 5.53. The van der Waals surface area contributed by atoms with Crippen LogP contribution in [-0.2, 0) is 0 Å². The lowest BCUT2D eigenvalue weighted by molar-refractivity contribution is 0.477. The van der Waals surface area contributed by atoms with Gasteiger partial charge in [0.05, 0.1) is 5.69 Å². The summed E-state index contributed by atoms with van der Waals surface area (Å²) in [5.41, 5.74) is 1.61. The Labute approximate surface area is 90.3 Å². The molecule has 2 N–H and O–H groups in total. The molecule has 1 aromatic rings. The molecule has 0 atom stereocenters. The van der Waals surface area contributed by atoms with E-state index in [0.717, 1.165) is 5.70 Å². The van der Waals surface area contributed by atoms with Crippen molar-refractivity contribution >= 4 is 5.69 Å². The molecule has 1 aromatic carbocycles. The molecule has 0 aromatic heterocycles. The summed E-state index contributed by atoms with van der Waals surface area (Å²) in [7, 11) is 0. The number of para-hydroxylation sites is 2. The maximum absolute atomic E-state index is 9.55. The van der Waals surface area contributed by atoms with Crippen molar-refractivity contribution in [2.75, 3.05) is 5.32 Å². The van der Waals surface area contributed by atoms with E-state index in [1.165, 1.54) is 0 Å². The van der Waals surface area contributed by atoms with Gasteiger partial charge < -0.3 is 10.4 Å². The first kappa shape index (κ1) is 11.1. The molecule has 78 valence electrons. The summed E-state index contributed by atoms with van der Waals surface area (Å²) in [4.78, 5) is 0. The van der Waals surface area contributed by atoms with Crippen molar-refractivity contribution in [1.29, 1.82) is 0 Å². The Bertz CT molecular complexity index is 391. The second kappa shape index (κ2) is 5.70. The summed E-state index contributed by atoms with van der Waals surface area (Å²) in [5.74, 6) is 0.240. The Morgan fingerprint density at radius 1 is 1.40 bits per heavy atom. The largest absolute Gasteiger partial charge is 0.506 e. The molecule has 0 saturated carbocycles. The van der Waals surface area contributed by atoms with Gasteiger partial charge in [0.25, 0.3) is 0 Å². The lowest BCUT2D eigenvalue weighted by Crippen LogP contribution is -1.96. The van der Waals surface area contributed by atoms with Gasteiger partial charge in [-0.1, -0.05) is 36.9 Å². The van der Waals surface area contributed by atoms with Crippen LogP contribution in [0.2, 0.25) is 0 Å². The lowest BCUT2D eigenvalue weighted by atomic mass is 10.2. The number of rotatable bonds is 4. The van der Waals surface area contributed by atoms with E-state index in [2.05, 4.69) is 11.9 Å². The summed E-state index contributed by atoms with van der Waals surface area (Å²) >= 11 is 0. The molecule has 0 unspecified atom stereocenters. The van der Waals surface area contributed by atoms with E-state index in [1.807, 2.05) is 37.3 Å². The fraction of sp³-hybridized carbons (Fsp3) is 0.0769. The summed E-state index contributed by atoms with van der Waals surface area (Å²) in [6.07, 6.45) is 7.35. The van der Waals surface area contributed by atoms with Crippen molar-refractivity contribution in [2.45, 2.75) is 6.92 Å². The number of hydrogen-bond donors (Lipinski definition) is 2. The zero-order valence-electron chi connectivity index (χ0n) is 8.77. The van der Waals surface area contributed by atoms with Crippen LogP contribution in [0.1, 0.15) is 6.92 Å². The first-order valence-electron chi connectivity index (χ1n) is 4.78. The van der Waals surface area contributed by atoms with Crippen molar-refractivity contribution < 1.29 is 5.11 Å². The molecule has 0 aliphatic heterocycles. The molecule has 0 aliphatic carbocycles. The van der Waals surface area contributed by atoms with Gasteiger partial charge in [0.15, 0.2) is 0 Å². The number of nitrogens with one attached hydrogen (secondary N) is 1. The molecule has 0 spiro atoms. The van der Waals surface area contributed by atoms with Gasteiger partial charge in [-0.2, -0.15) is 0 Å². The summed E-state index contributed by atoms with van der Waals surface area (Å²) in [6, 6.07) is 7.12.